The van der Waals surface area contributed by atoms with E-state index in [-0.39, 0.29) is 6.10 Å². The SMILES string of the molecule is CCC(O)CNC1CCc2cc(Cl)ccc21. The van der Waals surface area contributed by atoms with Gasteiger partial charge in [0.15, 0.2) is 0 Å². The summed E-state index contributed by atoms with van der Waals surface area (Å²) in [6.07, 6.45) is 2.74. The maximum absolute atomic E-state index is 9.53. The highest BCUT2D eigenvalue weighted by Crippen LogP contribution is 2.32. The Morgan fingerprint density at radius 1 is 1.56 bits per heavy atom. The van der Waals surface area contributed by atoms with Gasteiger partial charge in [0.05, 0.1) is 6.10 Å². The lowest BCUT2D eigenvalue weighted by Crippen LogP contribution is -2.28. The largest absolute Gasteiger partial charge is 0.392 e. The average Bonchev–Trinajstić information content (AvgIpc) is 2.68. The fraction of sp³-hybridized carbons (Fsp3) is 0.538. The van der Waals surface area contributed by atoms with Gasteiger partial charge in [-0.15, -0.1) is 0 Å². The first-order chi connectivity index (χ1) is 7.70. The first kappa shape index (κ1) is 11.9. The molecule has 0 bridgehead atoms. The molecule has 1 aromatic rings. The van der Waals surface area contributed by atoms with Gasteiger partial charge in [-0.05, 0) is 42.5 Å². The van der Waals surface area contributed by atoms with Gasteiger partial charge in [-0.3, -0.25) is 0 Å². The molecule has 0 saturated heterocycles. The number of rotatable bonds is 4. The Kier molecular flexibility index (Phi) is 3.85. The van der Waals surface area contributed by atoms with Crippen molar-refractivity contribution >= 4 is 11.6 Å². The highest BCUT2D eigenvalue weighted by molar-refractivity contribution is 6.30. The van der Waals surface area contributed by atoms with Crippen molar-refractivity contribution in [2.24, 2.45) is 0 Å². The molecule has 2 N–H and O–H groups in total. The summed E-state index contributed by atoms with van der Waals surface area (Å²) >= 11 is 5.96. The van der Waals surface area contributed by atoms with E-state index in [9.17, 15) is 5.11 Å². The van der Waals surface area contributed by atoms with Crippen molar-refractivity contribution in [3.05, 3.63) is 34.3 Å². The quantitative estimate of drug-likeness (QED) is 0.847. The molecule has 0 amide bonds. The van der Waals surface area contributed by atoms with Gasteiger partial charge in [-0.2, -0.15) is 0 Å². The first-order valence-electron chi connectivity index (χ1n) is 5.90. The van der Waals surface area contributed by atoms with E-state index < -0.39 is 0 Å². The van der Waals surface area contributed by atoms with E-state index in [0.717, 1.165) is 24.3 Å². The molecule has 0 radical (unpaired) electrons. The third-order valence-corrected chi connectivity index (χ3v) is 3.49. The monoisotopic (exact) mass is 239 g/mol. The van der Waals surface area contributed by atoms with E-state index in [2.05, 4.69) is 17.4 Å². The van der Waals surface area contributed by atoms with Crippen molar-refractivity contribution in [2.45, 2.75) is 38.3 Å². The molecule has 2 atom stereocenters. The zero-order valence-corrected chi connectivity index (χ0v) is 10.3. The Morgan fingerprint density at radius 2 is 2.38 bits per heavy atom. The average molecular weight is 240 g/mol. The molecule has 88 valence electrons. The van der Waals surface area contributed by atoms with Gasteiger partial charge in [-0.25, -0.2) is 0 Å². The fourth-order valence-corrected chi connectivity index (χ4v) is 2.42. The molecule has 0 aliphatic heterocycles. The van der Waals surface area contributed by atoms with Crippen LogP contribution < -0.4 is 5.32 Å². The summed E-state index contributed by atoms with van der Waals surface area (Å²) in [7, 11) is 0. The number of fused-ring (bicyclic) bond motifs is 1. The Labute approximate surface area is 102 Å². The number of hydrogen-bond acceptors (Lipinski definition) is 2. The molecular formula is C13H18ClNO. The standard InChI is InChI=1S/C13H18ClNO/c1-2-11(16)8-15-13-6-3-9-7-10(14)4-5-12(9)13/h4-5,7,11,13,15-16H,2-3,6,8H2,1H3. The van der Waals surface area contributed by atoms with E-state index >= 15 is 0 Å². The van der Waals surface area contributed by atoms with Gasteiger partial charge < -0.3 is 10.4 Å². The van der Waals surface area contributed by atoms with Crippen LogP contribution in [0.25, 0.3) is 0 Å². The molecule has 1 aliphatic carbocycles. The molecule has 0 saturated carbocycles. The normalized spacial score (nSPS) is 20.8. The van der Waals surface area contributed by atoms with Crippen LogP contribution in [0, 0.1) is 0 Å². The van der Waals surface area contributed by atoms with Crippen molar-refractivity contribution in [1.82, 2.24) is 5.32 Å². The van der Waals surface area contributed by atoms with E-state index in [0.29, 0.717) is 12.6 Å². The second-order valence-corrected chi connectivity index (χ2v) is 4.84. The third-order valence-electron chi connectivity index (χ3n) is 3.25. The lowest BCUT2D eigenvalue weighted by molar-refractivity contribution is 0.163. The van der Waals surface area contributed by atoms with Crippen molar-refractivity contribution < 1.29 is 5.11 Å². The van der Waals surface area contributed by atoms with Crippen LogP contribution in [0.2, 0.25) is 5.02 Å². The zero-order chi connectivity index (χ0) is 11.5. The molecule has 0 aromatic heterocycles. The Morgan fingerprint density at radius 3 is 3.12 bits per heavy atom. The van der Waals surface area contributed by atoms with Crippen LogP contribution in [-0.2, 0) is 6.42 Å². The highest BCUT2D eigenvalue weighted by Gasteiger charge is 2.22. The van der Waals surface area contributed by atoms with E-state index in [4.69, 9.17) is 11.6 Å². The first-order valence-corrected chi connectivity index (χ1v) is 6.28. The van der Waals surface area contributed by atoms with Gasteiger partial charge in [-0.1, -0.05) is 24.6 Å². The maximum atomic E-state index is 9.53. The van der Waals surface area contributed by atoms with Crippen LogP contribution in [0.1, 0.15) is 36.9 Å². The molecule has 0 fully saturated rings. The minimum atomic E-state index is -0.239. The van der Waals surface area contributed by atoms with Gasteiger partial charge in [0.25, 0.3) is 0 Å². The second-order valence-electron chi connectivity index (χ2n) is 4.40. The summed E-state index contributed by atoms with van der Waals surface area (Å²) in [5.41, 5.74) is 2.68. The smallest absolute Gasteiger partial charge is 0.0662 e. The predicted molar refractivity (Wildman–Crippen MR) is 66.8 cm³/mol. The number of aliphatic hydroxyl groups excluding tert-OH is 1. The molecule has 2 nitrogen and oxygen atoms in total. The minimum absolute atomic E-state index is 0.239. The van der Waals surface area contributed by atoms with Crippen LogP contribution in [0.5, 0.6) is 0 Å². The Bertz CT molecular complexity index is 367. The van der Waals surface area contributed by atoms with Crippen molar-refractivity contribution in [3.8, 4) is 0 Å². The van der Waals surface area contributed by atoms with Gasteiger partial charge in [0.2, 0.25) is 0 Å². The molecule has 2 rings (SSSR count). The molecule has 2 unspecified atom stereocenters. The van der Waals surface area contributed by atoms with Gasteiger partial charge >= 0.3 is 0 Å². The summed E-state index contributed by atoms with van der Waals surface area (Å²) in [5.74, 6) is 0. The molecule has 0 heterocycles. The van der Waals surface area contributed by atoms with E-state index in [1.807, 2.05) is 13.0 Å². The van der Waals surface area contributed by atoms with E-state index in [1.165, 1.54) is 11.1 Å². The van der Waals surface area contributed by atoms with Crippen LogP contribution in [-0.4, -0.2) is 17.8 Å². The summed E-state index contributed by atoms with van der Waals surface area (Å²) in [4.78, 5) is 0. The fourth-order valence-electron chi connectivity index (χ4n) is 2.22. The zero-order valence-electron chi connectivity index (χ0n) is 9.54. The molecule has 0 spiro atoms. The molecule has 1 aliphatic rings. The lowest BCUT2D eigenvalue weighted by atomic mass is 10.1. The summed E-state index contributed by atoms with van der Waals surface area (Å²) in [5, 5.41) is 13.8. The molecule has 1 aromatic carbocycles. The van der Waals surface area contributed by atoms with Gasteiger partial charge in [0, 0.05) is 17.6 Å². The minimum Gasteiger partial charge on any atom is -0.392 e. The van der Waals surface area contributed by atoms with Crippen molar-refractivity contribution in [1.29, 1.82) is 0 Å². The Hall–Kier alpha value is -0.570. The number of nitrogens with one attached hydrogen (secondary N) is 1. The summed E-state index contributed by atoms with van der Waals surface area (Å²) < 4.78 is 0. The number of aliphatic hydroxyl groups is 1. The van der Waals surface area contributed by atoms with Crippen LogP contribution in [0.3, 0.4) is 0 Å². The summed E-state index contributed by atoms with van der Waals surface area (Å²) in [6.45, 7) is 2.66. The van der Waals surface area contributed by atoms with Gasteiger partial charge in [0.1, 0.15) is 0 Å². The summed E-state index contributed by atoms with van der Waals surface area (Å²) in [6, 6.07) is 6.47. The topological polar surface area (TPSA) is 32.3 Å². The predicted octanol–water partition coefficient (Wildman–Crippen LogP) is 2.69. The van der Waals surface area contributed by atoms with Crippen molar-refractivity contribution in [2.75, 3.05) is 6.54 Å². The lowest BCUT2D eigenvalue weighted by Gasteiger charge is -2.16. The maximum Gasteiger partial charge on any atom is 0.0662 e. The Balaban J connectivity index is 2.01. The van der Waals surface area contributed by atoms with Crippen molar-refractivity contribution in [3.63, 3.8) is 0 Å². The number of benzene rings is 1. The second kappa shape index (κ2) is 5.17. The molecule has 16 heavy (non-hydrogen) atoms. The molecule has 3 heteroatoms. The number of hydrogen-bond donors (Lipinski definition) is 2. The highest BCUT2D eigenvalue weighted by atomic mass is 35.5. The van der Waals surface area contributed by atoms with Crippen LogP contribution in [0.4, 0.5) is 0 Å². The van der Waals surface area contributed by atoms with Crippen LogP contribution in [0.15, 0.2) is 18.2 Å². The van der Waals surface area contributed by atoms with Crippen LogP contribution >= 0.6 is 11.6 Å². The molecular weight excluding hydrogens is 222 g/mol. The van der Waals surface area contributed by atoms with E-state index in [1.54, 1.807) is 0 Å². The number of halogens is 1. The number of aryl methyl sites for hydroxylation is 1. The third kappa shape index (κ3) is 2.57.